The summed E-state index contributed by atoms with van der Waals surface area (Å²) in [4.78, 5) is 20.8. The summed E-state index contributed by atoms with van der Waals surface area (Å²) in [5.41, 5.74) is 2.79. The number of carbonyl (C=O) groups is 1. The van der Waals surface area contributed by atoms with Gasteiger partial charge in [0.15, 0.2) is 0 Å². The number of benzene rings is 1. The number of fused-ring (bicyclic) bond motifs is 1. The predicted molar refractivity (Wildman–Crippen MR) is 89.6 cm³/mol. The number of anilines is 2. The van der Waals surface area contributed by atoms with Crippen molar-refractivity contribution in [3.63, 3.8) is 0 Å². The van der Waals surface area contributed by atoms with Gasteiger partial charge in [0.2, 0.25) is 0 Å². The Balaban J connectivity index is 1.75. The van der Waals surface area contributed by atoms with Crippen molar-refractivity contribution in [2.24, 2.45) is 0 Å². The maximum atomic E-state index is 12.7. The molecule has 2 aromatic rings. The van der Waals surface area contributed by atoms with Crippen LogP contribution < -0.4 is 9.80 Å². The van der Waals surface area contributed by atoms with E-state index >= 15 is 0 Å². The lowest BCUT2D eigenvalue weighted by atomic mass is 10.2. The van der Waals surface area contributed by atoms with E-state index in [1.54, 1.807) is 12.3 Å². The van der Waals surface area contributed by atoms with Gasteiger partial charge in [0.1, 0.15) is 5.82 Å². The Morgan fingerprint density at radius 2 is 2.17 bits per heavy atom. The van der Waals surface area contributed by atoms with Gasteiger partial charge in [-0.05, 0) is 30.2 Å². The van der Waals surface area contributed by atoms with Crippen LogP contribution in [0.3, 0.4) is 0 Å². The Hall–Kier alpha value is -2.87. The van der Waals surface area contributed by atoms with Gasteiger partial charge in [0.25, 0.3) is 5.91 Å². The highest BCUT2D eigenvalue weighted by molar-refractivity contribution is 6.07. The molecule has 1 aliphatic rings. The second-order valence-corrected chi connectivity index (χ2v) is 5.57. The molecule has 1 aromatic heterocycles. The molecule has 0 saturated carbocycles. The molecule has 2 heterocycles. The van der Waals surface area contributed by atoms with Crippen LogP contribution in [0.5, 0.6) is 0 Å². The van der Waals surface area contributed by atoms with Crippen molar-refractivity contribution >= 4 is 17.4 Å². The topological polar surface area (TPSA) is 60.2 Å². The molecule has 0 saturated heterocycles. The normalized spacial score (nSPS) is 12.6. The van der Waals surface area contributed by atoms with Crippen LogP contribution in [-0.4, -0.2) is 31.0 Å². The number of aromatic nitrogens is 1. The molecule has 0 fully saturated rings. The summed E-state index contributed by atoms with van der Waals surface area (Å²) in [5.74, 6) is 0.743. The van der Waals surface area contributed by atoms with Crippen LogP contribution >= 0.6 is 0 Å². The number of pyridine rings is 1. The van der Waals surface area contributed by atoms with E-state index in [1.807, 2.05) is 41.1 Å². The monoisotopic (exact) mass is 306 g/mol. The predicted octanol–water partition coefficient (Wildman–Crippen LogP) is 2.63. The number of nitriles is 1. The fraction of sp³-hybridized carbons (Fsp3) is 0.278. The van der Waals surface area contributed by atoms with Crippen LogP contribution in [0, 0.1) is 11.3 Å². The number of hydrogen-bond acceptors (Lipinski definition) is 4. The first-order valence-electron chi connectivity index (χ1n) is 7.64. The van der Waals surface area contributed by atoms with Crippen molar-refractivity contribution in [1.82, 2.24) is 4.98 Å². The van der Waals surface area contributed by atoms with Gasteiger partial charge < -0.3 is 9.80 Å². The van der Waals surface area contributed by atoms with Crippen LogP contribution in [0.2, 0.25) is 0 Å². The Labute approximate surface area is 135 Å². The second kappa shape index (κ2) is 6.49. The van der Waals surface area contributed by atoms with Crippen LogP contribution in [0.15, 0.2) is 42.6 Å². The van der Waals surface area contributed by atoms with E-state index in [-0.39, 0.29) is 5.91 Å². The van der Waals surface area contributed by atoms with Gasteiger partial charge in [-0.15, -0.1) is 0 Å². The third-order valence-corrected chi connectivity index (χ3v) is 4.08. The van der Waals surface area contributed by atoms with E-state index in [1.165, 1.54) is 5.56 Å². The van der Waals surface area contributed by atoms with Crippen molar-refractivity contribution in [3.8, 4) is 6.07 Å². The van der Waals surface area contributed by atoms with Crippen molar-refractivity contribution in [3.05, 3.63) is 53.7 Å². The molecule has 1 aromatic carbocycles. The summed E-state index contributed by atoms with van der Waals surface area (Å²) >= 11 is 0. The molecule has 1 aliphatic heterocycles. The highest BCUT2D eigenvalue weighted by Gasteiger charge is 2.25. The minimum absolute atomic E-state index is 0.0197. The van der Waals surface area contributed by atoms with Gasteiger partial charge >= 0.3 is 0 Å². The first-order valence-corrected chi connectivity index (χ1v) is 7.64. The molecule has 0 radical (unpaired) electrons. The molecule has 0 unspecified atom stereocenters. The van der Waals surface area contributed by atoms with Crippen molar-refractivity contribution in [2.45, 2.75) is 12.8 Å². The Bertz CT molecular complexity index is 748. The van der Waals surface area contributed by atoms with E-state index in [0.717, 1.165) is 17.9 Å². The van der Waals surface area contributed by atoms with E-state index < -0.39 is 0 Å². The van der Waals surface area contributed by atoms with Crippen LogP contribution in [-0.2, 0) is 6.42 Å². The molecular formula is C18H18N4O. The van der Waals surface area contributed by atoms with Crippen molar-refractivity contribution in [2.75, 3.05) is 29.9 Å². The van der Waals surface area contributed by atoms with Gasteiger partial charge in [-0.2, -0.15) is 5.26 Å². The molecule has 23 heavy (non-hydrogen) atoms. The summed E-state index contributed by atoms with van der Waals surface area (Å²) in [6, 6.07) is 13.7. The van der Waals surface area contributed by atoms with Crippen molar-refractivity contribution < 1.29 is 4.79 Å². The summed E-state index contributed by atoms with van der Waals surface area (Å²) in [5, 5.41) is 8.63. The van der Waals surface area contributed by atoms with E-state index in [4.69, 9.17) is 5.26 Å². The van der Waals surface area contributed by atoms with E-state index in [0.29, 0.717) is 25.1 Å². The Kier molecular flexibility index (Phi) is 4.24. The second-order valence-electron chi connectivity index (χ2n) is 5.57. The van der Waals surface area contributed by atoms with Crippen molar-refractivity contribution in [1.29, 1.82) is 5.26 Å². The van der Waals surface area contributed by atoms with Crippen LogP contribution in [0.1, 0.15) is 22.3 Å². The van der Waals surface area contributed by atoms with Gasteiger partial charge in [-0.1, -0.05) is 18.2 Å². The number of hydrogen-bond donors (Lipinski definition) is 0. The maximum absolute atomic E-state index is 12.7. The highest BCUT2D eigenvalue weighted by atomic mass is 16.2. The fourth-order valence-electron chi connectivity index (χ4n) is 2.78. The Morgan fingerprint density at radius 3 is 2.91 bits per heavy atom. The van der Waals surface area contributed by atoms with Crippen LogP contribution in [0.25, 0.3) is 0 Å². The minimum Gasteiger partial charge on any atom is -0.359 e. The molecule has 5 heteroatoms. The molecular weight excluding hydrogens is 288 g/mol. The largest absolute Gasteiger partial charge is 0.359 e. The molecule has 0 spiro atoms. The summed E-state index contributed by atoms with van der Waals surface area (Å²) in [6.07, 6.45) is 2.95. The van der Waals surface area contributed by atoms with Gasteiger partial charge in [0.05, 0.1) is 18.1 Å². The average molecular weight is 306 g/mol. The zero-order chi connectivity index (χ0) is 16.2. The lowest BCUT2D eigenvalue weighted by molar-refractivity contribution is 0.0989. The summed E-state index contributed by atoms with van der Waals surface area (Å²) in [6.45, 7) is 1.33. The third-order valence-electron chi connectivity index (χ3n) is 4.08. The summed E-state index contributed by atoms with van der Waals surface area (Å²) < 4.78 is 0. The van der Waals surface area contributed by atoms with Gasteiger partial charge in [-0.25, -0.2) is 4.98 Å². The van der Waals surface area contributed by atoms with E-state index in [9.17, 15) is 4.79 Å². The molecule has 116 valence electrons. The first-order chi connectivity index (χ1) is 11.2. The van der Waals surface area contributed by atoms with Gasteiger partial charge in [-0.3, -0.25) is 4.79 Å². The highest BCUT2D eigenvalue weighted by Crippen LogP contribution is 2.28. The first kappa shape index (κ1) is 15.0. The van der Waals surface area contributed by atoms with Gasteiger partial charge in [0, 0.05) is 32.0 Å². The summed E-state index contributed by atoms with van der Waals surface area (Å²) in [7, 11) is 1.89. The number of carbonyl (C=O) groups excluding carboxylic acids is 1. The molecule has 0 aliphatic carbocycles. The number of rotatable bonds is 4. The molecule has 3 rings (SSSR count). The lowest BCUT2D eigenvalue weighted by Gasteiger charge is -2.19. The molecule has 0 N–H and O–H groups in total. The smallest absolute Gasteiger partial charge is 0.259 e. The fourth-order valence-corrected chi connectivity index (χ4v) is 2.78. The maximum Gasteiger partial charge on any atom is 0.259 e. The molecule has 0 atom stereocenters. The molecule has 0 bridgehead atoms. The quantitative estimate of drug-likeness (QED) is 0.871. The minimum atomic E-state index is -0.0197. The number of para-hydroxylation sites is 1. The SMILES string of the molecule is CN(CCC#N)c1ccc(C(=O)N2CCc3ccccc32)cn1. The zero-order valence-electron chi connectivity index (χ0n) is 13.1. The molecule has 1 amide bonds. The standard InChI is InChI=1S/C18H18N4O/c1-21(11-4-10-19)17-8-7-15(13-20-17)18(23)22-12-9-14-5-2-3-6-16(14)22/h2-3,5-8,13H,4,9,11-12H2,1H3. The zero-order valence-corrected chi connectivity index (χ0v) is 13.1. The van der Waals surface area contributed by atoms with Crippen LogP contribution in [0.4, 0.5) is 11.5 Å². The number of nitrogens with zero attached hydrogens (tertiary/aromatic N) is 4. The van der Waals surface area contributed by atoms with E-state index in [2.05, 4.69) is 17.1 Å². The Morgan fingerprint density at radius 1 is 1.35 bits per heavy atom. The lowest BCUT2D eigenvalue weighted by Crippen LogP contribution is -2.29. The average Bonchev–Trinajstić information content (AvgIpc) is 3.03. The number of amides is 1. The molecule has 5 nitrogen and oxygen atoms in total. The third kappa shape index (κ3) is 3.02.